The Labute approximate surface area is 213 Å². The highest BCUT2D eigenvalue weighted by Crippen LogP contribution is 2.32. The third-order valence-electron chi connectivity index (χ3n) is 5.70. The molecule has 2 heterocycles. The highest BCUT2D eigenvalue weighted by Gasteiger charge is 2.27. The number of hydrogen-bond donors (Lipinski definition) is 0. The number of carbonyl (C=O) groups is 1. The Balaban J connectivity index is 1.52. The lowest BCUT2D eigenvalue weighted by molar-refractivity contribution is -0.119. The highest BCUT2D eigenvalue weighted by atomic mass is 35.5. The predicted molar refractivity (Wildman–Crippen MR) is 137 cm³/mol. The molecule has 2 aromatic carbocycles. The summed E-state index contributed by atoms with van der Waals surface area (Å²) in [5, 5.41) is 0.884. The third kappa shape index (κ3) is 6.39. The van der Waals surface area contributed by atoms with E-state index in [-0.39, 0.29) is 40.4 Å². The molecule has 4 rings (SSSR count). The lowest BCUT2D eigenvalue weighted by Crippen LogP contribution is -2.37. The van der Waals surface area contributed by atoms with Crippen molar-refractivity contribution in [1.82, 2.24) is 4.98 Å². The minimum absolute atomic E-state index is 0.0179. The molecule has 0 radical (unpaired) electrons. The molecule has 0 bridgehead atoms. The van der Waals surface area contributed by atoms with E-state index in [2.05, 4.69) is 4.98 Å². The van der Waals surface area contributed by atoms with Crippen LogP contribution in [0.2, 0.25) is 5.02 Å². The summed E-state index contributed by atoms with van der Waals surface area (Å²) in [6, 6.07) is 10.6. The second-order valence-corrected chi connectivity index (χ2v) is 14.0. The molecule has 3 aromatic rings. The summed E-state index contributed by atoms with van der Waals surface area (Å²) < 4.78 is 55.5. The number of benzene rings is 2. The van der Waals surface area contributed by atoms with Gasteiger partial charge in [0.25, 0.3) is 0 Å². The van der Waals surface area contributed by atoms with Gasteiger partial charge in [0.15, 0.2) is 24.8 Å². The highest BCUT2D eigenvalue weighted by molar-refractivity contribution is 7.91. The van der Waals surface area contributed by atoms with Gasteiger partial charge in [0, 0.05) is 24.3 Å². The number of halogens is 1. The molecular formula is C23H25ClN2O6S3. The third-order valence-corrected chi connectivity index (χ3v) is 9.92. The number of hydrogen-bond acceptors (Lipinski definition) is 8. The number of fused-ring (bicyclic) bond motifs is 1. The summed E-state index contributed by atoms with van der Waals surface area (Å²) in [6.45, 7) is 0.936. The van der Waals surface area contributed by atoms with E-state index >= 15 is 0 Å². The normalized spacial score (nSPS) is 16.6. The molecule has 1 aromatic heterocycles. The Morgan fingerprint density at radius 1 is 1.14 bits per heavy atom. The van der Waals surface area contributed by atoms with E-state index in [1.165, 1.54) is 46.6 Å². The first-order valence-electron chi connectivity index (χ1n) is 11.0. The number of anilines is 1. The number of amides is 1. The van der Waals surface area contributed by atoms with Gasteiger partial charge in [-0.25, -0.2) is 21.8 Å². The number of sulfone groups is 2. The predicted octanol–water partition coefficient (Wildman–Crippen LogP) is 4.12. The summed E-state index contributed by atoms with van der Waals surface area (Å²) in [4.78, 5) is 19.7. The van der Waals surface area contributed by atoms with Crippen LogP contribution in [0.3, 0.4) is 0 Å². The minimum Gasteiger partial charge on any atom is -0.376 e. The lowest BCUT2D eigenvalue weighted by Gasteiger charge is -2.23. The monoisotopic (exact) mass is 556 g/mol. The molecule has 1 fully saturated rings. The molecule has 1 aliphatic rings. The van der Waals surface area contributed by atoms with Crippen LogP contribution in [-0.2, 0) is 29.2 Å². The maximum absolute atomic E-state index is 13.2. The second-order valence-electron chi connectivity index (χ2n) is 8.41. The molecule has 188 valence electrons. The Morgan fingerprint density at radius 3 is 2.51 bits per heavy atom. The van der Waals surface area contributed by atoms with Crippen LogP contribution in [0.4, 0.5) is 5.13 Å². The Bertz CT molecular complexity index is 1430. The van der Waals surface area contributed by atoms with Crippen molar-refractivity contribution >= 4 is 63.9 Å². The molecule has 35 heavy (non-hydrogen) atoms. The maximum Gasteiger partial charge on any atom is 0.228 e. The molecule has 1 amide bonds. The van der Waals surface area contributed by atoms with E-state index in [1.807, 2.05) is 0 Å². The quantitative estimate of drug-likeness (QED) is 0.390. The van der Waals surface area contributed by atoms with E-state index in [4.69, 9.17) is 16.3 Å². The smallest absolute Gasteiger partial charge is 0.228 e. The number of nitrogens with zero attached hydrogens (tertiary/aromatic N) is 2. The minimum atomic E-state index is -3.55. The van der Waals surface area contributed by atoms with Crippen LogP contribution in [0.5, 0.6) is 0 Å². The van der Waals surface area contributed by atoms with Crippen LogP contribution < -0.4 is 4.90 Å². The Kier molecular flexibility index (Phi) is 7.82. The van der Waals surface area contributed by atoms with Crippen molar-refractivity contribution in [2.45, 2.75) is 41.6 Å². The molecule has 1 aliphatic heterocycles. The average Bonchev–Trinajstić information content (AvgIpc) is 3.46. The zero-order chi connectivity index (χ0) is 25.2. The molecule has 0 saturated carbocycles. The second kappa shape index (κ2) is 10.5. The van der Waals surface area contributed by atoms with Crippen LogP contribution >= 0.6 is 22.9 Å². The topological polar surface area (TPSA) is 111 Å². The number of aromatic nitrogens is 1. The maximum atomic E-state index is 13.2. The van der Waals surface area contributed by atoms with E-state index in [0.29, 0.717) is 33.5 Å². The first-order chi connectivity index (χ1) is 16.5. The van der Waals surface area contributed by atoms with Gasteiger partial charge < -0.3 is 4.74 Å². The summed E-state index contributed by atoms with van der Waals surface area (Å²) in [7, 11) is -6.93. The van der Waals surface area contributed by atoms with Crippen LogP contribution in [0.15, 0.2) is 52.3 Å². The van der Waals surface area contributed by atoms with Crippen LogP contribution in [0.25, 0.3) is 10.2 Å². The van der Waals surface area contributed by atoms with Gasteiger partial charge in [0.2, 0.25) is 5.91 Å². The fraction of sp³-hybridized carbons (Fsp3) is 0.391. The summed E-state index contributed by atoms with van der Waals surface area (Å²) in [6.07, 6.45) is 2.90. The van der Waals surface area contributed by atoms with Gasteiger partial charge in [-0.05, 0) is 61.7 Å². The van der Waals surface area contributed by atoms with Gasteiger partial charge >= 0.3 is 0 Å². The van der Waals surface area contributed by atoms with Gasteiger partial charge in [-0.1, -0.05) is 22.9 Å². The number of rotatable bonds is 9. The molecule has 1 saturated heterocycles. The van der Waals surface area contributed by atoms with E-state index in [0.717, 1.165) is 19.1 Å². The van der Waals surface area contributed by atoms with Gasteiger partial charge in [0.1, 0.15) is 0 Å². The van der Waals surface area contributed by atoms with Crippen molar-refractivity contribution in [1.29, 1.82) is 0 Å². The van der Waals surface area contributed by atoms with Crippen molar-refractivity contribution in [3.8, 4) is 0 Å². The van der Waals surface area contributed by atoms with E-state index in [1.54, 1.807) is 12.1 Å². The molecule has 8 nitrogen and oxygen atoms in total. The molecule has 12 heteroatoms. The SMILES string of the molecule is CS(=O)(=O)c1ccc2nc(N(CC3CCCO3)C(=O)CCCS(=O)(=O)c3ccc(Cl)cc3)sc2c1. The first-order valence-corrected chi connectivity index (χ1v) is 15.8. The molecule has 0 spiro atoms. The fourth-order valence-electron chi connectivity index (χ4n) is 3.83. The van der Waals surface area contributed by atoms with Crippen molar-refractivity contribution in [2.24, 2.45) is 0 Å². The molecule has 0 aliphatic carbocycles. The first kappa shape index (κ1) is 26.0. The van der Waals surface area contributed by atoms with Gasteiger partial charge in [-0.3, -0.25) is 9.69 Å². The number of ether oxygens (including phenoxy) is 1. The fourth-order valence-corrected chi connectivity index (χ4v) is 7.02. The van der Waals surface area contributed by atoms with Crippen LogP contribution in [0.1, 0.15) is 25.7 Å². The zero-order valence-electron chi connectivity index (χ0n) is 19.0. The summed E-state index contributed by atoms with van der Waals surface area (Å²) in [5.74, 6) is -0.430. The summed E-state index contributed by atoms with van der Waals surface area (Å²) in [5.41, 5.74) is 0.591. The lowest BCUT2D eigenvalue weighted by atomic mass is 10.2. The van der Waals surface area contributed by atoms with Crippen molar-refractivity contribution in [2.75, 3.05) is 30.1 Å². The molecular weight excluding hydrogens is 532 g/mol. The molecule has 1 unspecified atom stereocenters. The standard InChI is InChI=1S/C23H25ClN2O6S3/c1-34(28,29)19-10-11-20-21(14-19)33-23(25-20)26(15-17-4-2-12-32-17)22(27)5-3-13-35(30,31)18-8-6-16(24)7-9-18/h6-11,14,17H,2-5,12-13,15H2,1H3. The molecule has 0 N–H and O–H groups in total. The van der Waals surface area contributed by atoms with Crippen LogP contribution in [0, 0.1) is 0 Å². The number of carbonyl (C=O) groups excluding carboxylic acids is 1. The van der Waals surface area contributed by atoms with Gasteiger partial charge in [0.05, 0.1) is 38.4 Å². The Hall–Kier alpha value is -2.05. The largest absolute Gasteiger partial charge is 0.376 e. The van der Waals surface area contributed by atoms with Crippen molar-refractivity contribution < 1.29 is 26.4 Å². The number of thiazole rings is 1. The van der Waals surface area contributed by atoms with Crippen LogP contribution in [-0.4, -0.2) is 59.0 Å². The Morgan fingerprint density at radius 2 is 1.86 bits per heavy atom. The van der Waals surface area contributed by atoms with Crippen molar-refractivity contribution in [3.05, 3.63) is 47.5 Å². The van der Waals surface area contributed by atoms with Gasteiger partial charge in [-0.15, -0.1) is 0 Å². The van der Waals surface area contributed by atoms with E-state index < -0.39 is 19.7 Å². The average molecular weight is 557 g/mol. The molecule has 1 atom stereocenters. The van der Waals surface area contributed by atoms with Crippen molar-refractivity contribution in [3.63, 3.8) is 0 Å². The van der Waals surface area contributed by atoms with Gasteiger partial charge in [-0.2, -0.15) is 0 Å². The van der Waals surface area contributed by atoms with E-state index in [9.17, 15) is 21.6 Å². The summed E-state index contributed by atoms with van der Waals surface area (Å²) >= 11 is 7.07. The zero-order valence-corrected chi connectivity index (χ0v) is 22.2.